The largest absolute Gasteiger partial charge is 0.507 e. The molecule has 2 heterocycles. The van der Waals surface area contributed by atoms with Crippen LogP contribution in [0.3, 0.4) is 0 Å². The Hall–Kier alpha value is -2.67. The van der Waals surface area contributed by atoms with Crippen molar-refractivity contribution < 1.29 is 5.11 Å². The zero-order valence-electron chi connectivity index (χ0n) is 16.2. The SMILES string of the molecule is CCN(CC)c1ccc(/C=N/n2cnc3sc4c(c3c2=O)CCCC4)c(O)c1. The van der Waals surface area contributed by atoms with E-state index in [1.54, 1.807) is 17.4 Å². The topological polar surface area (TPSA) is 70.7 Å². The molecule has 1 aromatic carbocycles. The van der Waals surface area contributed by atoms with Gasteiger partial charge in [0.1, 0.15) is 16.9 Å². The number of aryl methyl sites for hydroxylation is 2. The standard InChI is InChI=1S/C21H24N4O2S/c1-3-24(4-2)15-10-9-14(17(26)11-15)12-23-25-13-22-20-19(21(25)27)16-7-5-6-8-18(16)28-20/h9-13,26H,3-8H2,1-2H3/b23-12+. The molecule has 2 aromatic heterocycles. The fourth-order valence-electron chi connectivity index (χ4n) is 3.77. The molecule has 1 N–H and O–H groups in total. The zero-order chi connectivity index (χ0) is 19.7. The number of phenolic OH excluding ortho intramolecular Hbond substituents is 1. The third kappa shape index (κ3) is 3.30. The van der Waals surface area contributed by atoms with Gasteiger partial charge in [0.25, 0.3) is 5.56 Å². The summed E-state index contributed by atoms with van der Waals surface area (Å²) in [4.78, 5) is 21.6. The molecule has 0 bridgehead atoms. The summed E-state index contributed by atoms with van der Waals surface area (Å²) in [5.41, 5.74) is 2.54. The number of aromatic nitrogens is 2. The summed E-state index contributed by atoms with van der Waals surface area (Å²) in [5.74, 6) is 0.142. The highest BCUT2D eigenvalue weighted by Crippen LogP contribution is 2.33. The van der Waals surface area contributed by atoms with Crippen molar-refractivity contribution in [3.8, 4) is 5.75 Å². The van der Waals surface area contributed by atoms with Crippen LogP contribution in [0.4, 0.5) is 5.69 Å². The van der Waals surface area contributed by atoms with Crippen LogP contribution in [0.15, 0.2) is 34.4 Å². The van der Waals surface area contributed by atoms with Crippen molar-refractivity contribution in [2.75, 3.05) is 18.0 Å². The van der Waals surface area contributed by atoms with E-state index in [4.69, 9.17) is 0 Å². The van der Waals surface area contributed by atoms with E-state index in [1.807, 2.05) is 12.1 Å². The minimum absolute atomic E-state index is 0.139. The highest BCUT2D eigenvalue weighted by Gasteiger charge is 2.19. The van der Waals surface area contributed by atoms with Gasteiger partial charge >= 0.3 is 0 Å². The maximum absolute atomic E-state index is 12.9. The van der Waals surface area contributed by atoms with E-state index in [1.165, 1.54) is 28.5 Å². The highest BCUT2D eigenvalue weighted by molar-refractivity contribution is 7.18. The van der Waals surface area contributed by atoms with Gasteiger partial charge in [-0.05, 0) is 57.2 Å². The van der Waals surface area contributed by atoms with Crippen molar-refractivity contribution in [3.05, 3.63) is 50.9 Å². The first-order chi connectivity index (χ1) is 13.6. The number of nitrogens with zero attached hydrogens (tertiary/aromatic N) is 4. The molecule has 1 aliphatic rings. The van der Waals surface area contributed by atoms with Gasteiger partial charge in [0.15, 0.2) is 0 Å². The molecular weight excluding hydrogens is 372 g/mol. The molecule has 0 fully saturated rings. The molecule has 3 aromatic rings. The Balaban J connectivity index is 1.67. The average molecular weight is 397 g/mol. The Bertz CT molecular complexity index is 1100. The van der Waals surface area contributed by atoms with Crippen LogP contribution in [-0.2, 0) is 12.8 Å². The highest BCUT2D eigenvalue weighted by atomic mass is 32.1. The van der Waals surface area contributed by atoms with Crippen LogP contribution in [0.1, 0.15) is 42.7 Å². The van der Waals surface area contributed by atoms with Gasteiger partial charge in [-0.25, -0.2) is 4.98 Å². The molecule has 0 aliphatic heterocycles. The number of anilines is 1. The van der Waals surface area contributed by atoms with E-state index in [0.717, 1.165) is 48.4 Å². The molecule has 0 amide bonds. The minimum Gasteiger partial charge on any atom is -0.507 e. The van der Waals surface area contributed by atoms with Crippen molar-refractivity contribution in [2.45, 2.75) is 39.5 Å². The van der Waals surface area contributed by atoms with Crippen molar-refractivity contribution in [2.24, 2.45) is 5.10 Å². The van der Waals surface area contributed by atoms with E-state index in [0.29, 0.717) is 10.9 Å². The monoisotopic (exact) mass is 396 g/mol. The lowest BCUT2D eigenvalue weighted by atomic mass is 9.97. The number of rotatable bonds is 5. The fourth-order valence-corrected chi connectivity index (χ4v) is 4.99. The summed E-state index contributed by atoms with van der Waals surface area (Å²) < 4.78 is 1.27. The first kappa shape index (κ1) is 18.7. The molecule has 6 nitrogen and oxygen atoms in total. The number of thiophene rings is 1. The van der Waals surface area contributed by atoms with Gasteiger partial charge in [0, 0.05) is 35.3 Å². The first-order valence-corrected chi connectivity index (χ1v) is 10.6. The van der Waals surface area contributed by atoms with Crippen LogP contribution in [-0.4, -0.2) is 34.1 Å². The van der Waals surface area contributed by atoms with Gasteiger partial charge in [0.2, 0.25) is 0 Å². The molecule has 28 heavy (non-hydrogen) atoms. The molecule has 1 aliphatic carbocycles. The van der Waals surface area contributed by atoms with Crippen molar-refractivity contribution >= 4 is 33.5 Å². The predicted molar refractivity (Wildman–Crippen MR) is 115 cm³/mol. The van der Waals surface area contributed by atoms with Crippen LogP contribution in [0.25, 0.3) is 10.2 Å². The second kappa shape index (κ2) is 7.75. The Kier molecular flexibility index (Phi) is 5.17. The maximum Gasteiger partial charge on any atom is 0.282 e. The van der Waals surface area contributed by atoms with Crippen molar-refractivity contribution in [1.82, 2.24) is 9.66 Å². The zero-order valence-corrected chi connectivity index (χ0v) is 17.0. The minimum atomic E-state index is -0.139. The van der Waals surface area contributed by atoms with E-state index in [9.17, 15) is 9.90 Å². The lowest BCUT2D eigenvalue weighted by molar-refractivity contribution is 0.474. The molecule has 0 spiro atoms. The maximum atomic E-state index is 12.9. The number of phenols is 1. The summed E-state index contributed by atoms with van der Waals surface area (Å²) in [7, 11) is 0. The van der Waals surface area contributed by atoms with Crippen LogP contribution in [0.2, 0.25) is 0 Å². The first-order valence-electron chi connectivity index (χ1n) is 9.76. The lowest BCUT2D eigenvalue weighted by Gasteiger charge is -2.21. The van der Waals surface area contributed by atoms with Gasteiger partial charge in [-0.15, -0.1) is 11.3 Å². The number of aromatic hydroxyl groups is 1. The van der Waals surface area contributed by atoms with E-state index in [2.05, 4.69) is 28.8 Å². The molecule has 4 rings (SSSR count). The van der Waals surface area contributed by atoms with Gasteiger partial charge < -0.3 is 10.0 Å². The number of benzene rings is 1. The Morgan fingerprint density at radius 1 is 1.29 bits per heavy atom. The van der Waals surface area contributed by atoms with Crippen LogP contribution in [0, 0.1) is 0 Å². The van der Waals surface area contributed by atoms with Gasteiger partial charge in [-0.2, -0.15) is 9.78 Å². The van der Waals surface area contributed by atoms with Crippen LogP contribution in [0.5, 0.6) is 5.75 Å². The van der Waals surface area contributed by atoms with Crippen molar-refractivity contribution in [3.63, 3.8) is 0 Å². The van der Waals surface area contributed by atoms with E-state index >= 15 is 0 Å². The average Bonchev–Trinajstić information content (AvgIpc) is 3.09. The molecule has 7 heteroatoms. The molecule has 0 atom stereocenters. The van der Waals surface area contributed by atoms with Gasteiger partial charge in [-0.3, -0.25) is 4.79 Å². The summed E-state index contributed by atoms with van der Waals surface area (Å²) >= 11 is 1.63. The second-order valence-electron chi connectivity index (χ2n) is 6.95. The summed E-state index contributed by atoms with van der Waals surface area (Å²) in [6.45, 7) is 5.90. The van der Waals surface area contributed by atoms with Crippen molar-refractivity contribution in [1.29, 1.82) is 0 Å². The summed E-state index contributed by atoms with van der Waals surface area (Å²) in [6.07, 6.45) is 7.23. The Morgan fingerprint density at radius 2 is 2.07 bits per heavy atom. The summed E-state index contributed by atoms with van der Waals surface area (Å²) in [5, 5.41) is 15.3. The van der Waals surface area contributed by atoms with E-state index in [-0.39, 0.29) is 11.3 Å². The third-order valence-corrected chi connectivity index (χ3v) is 6.52. The fraction of sp³-hybridized carbons (Fsp3) is 0.381. The molecule has 0 saturated carbocycles. The summed E-state index contributed by atoms with van der Waals surface area (Å²) in [6, 6.07) is 5.50. The van der Waals surface area contributed by atoms with Crippen LogP contribution >= 0.6 is 11.3 Å². The normalized spacial score (nSPS) is 13.9. The third-order valence-electron chi connectivity index (χ3n) is 5.32. The van der Waals surface area contributed by atoms with E-state index < -0.39 is 0 Å². The molecule has 0 saturated heterocycles. The molecule has 146 valence electrons. The number of hydrogen-bond acceptors (Lipinski definition) is 6. The molecular formula is C21H24N4O2S. The van der Waals surface area contributed by atoms with Gasteiger partial charge in [-0.1, -0.05) is 0 Å². The number of hydrogen-bond donors (Lipinski definition) is 1. The smallest absolute Gasteiger partial charge is 0.282 e. The lowest BCUT2D eigenvalue weighted by Crippen LogP contribution is -2.21. The Morgan fingerprint density at radius 3 is 2.82 bits per heavy atom. The predicted octanol–water partition coefficient (Wildman–Crippen LogP) is 3.77. The number of fused-ring (bicyclic) bond motifs is 3. The quantitative estimate of drug-likeness (QED) is 0.667. The second-order valence-corrected chi connectivity index (χ2v) is 8.03. The van der Waals surface area contributed by atoms with Crippen LogP contribution < -0.4 is 10.5 Å². The van der Waals surface area contributed by atoms with Gasteiger partial charge in [0.05, 0.1) is 11.6 Å². The molecule has 0 radical (unpaired) electrons. The molecule has 0 unspecified atom stereocenters. The Labute approximate surface area is 167 Å².